The third kappa shape index (κ3) is 2.61. The van der Waals surface area contributed by atoms with Crippen LogP contribution in [0.5, 0.6) is 0 Å². The van der Waals surface area contributed by atoms with Crippen molar-refractivity contribution >= 4 is 23.0 Å². The third-order valence-electron chi connectivity index (χ3n) is 4.18. The number of carbonyl (C=O) groups excluding carboxylic acids is 1. The van der Waals surface area contributed by atoms with Gasteiger partial charge in [-0.15, -0.1) is 0 Å². The summed E-state index contributed by atoms with van der Waals surface area (Å²) in [7, 11) is 0. The first-order chi connectivity index (χ1) is 11.9. The monoisotopic (exact) mass is 350 g/mol. The molecule has 4 N–H and O–H groups in total. The van der Waals surface area contributed by atoms with Crippen molar-refractivity contribution in [2.45, 2.75) is 44.2 Å². The Balaban J connectivity index is 1.73. The van der Waals surface area contributed by atoms with Crippen LogP contribution in [0.3, 0.4) is 0 Å². The molecule has 0 aliphatic carbocycles. The van der Waals surface area contributed by atoms with E-state index in [4.69, 9.17) is 19.9 Å². The standard InChI is InChI=1S/C14H18N6O5/c1-14(2)24-8-6(3-21)23-12(9(8)25-14)20-5-18-7-10(19-13(15)22)16-4-17-11(7)20/h4-6,8-9,12,21H,3H2,1-2H3,(H3,15,16,17,19,22)/t6-,8-,9-,12-/m1/s1. The number of nitrogens with zero attached hydrogens (tertiary/aromatic N) is 4. The van der Waals surface area contributed by atoms with E-state index >= 15 is 0 Å². The molecule has 11 nitrogen and oxygen atoms in total. The number of hydrogen-bond donors (Lipinski definition) is 3. The van der Waals surface area contributed by atoms with Crippen molar-refractivity contribution in [2.75, 3.05) is 11.9 Å². The summed E-state index contributed by atoms with van der Waals surface area (Å²) >= 11 is 0. The lowest BCUT2D eigenvalue weighted by atomic mass is 10.1. The van der Waals surface area contributed by atoms with E-state index in [9.17, 15) is 9.90 Å². The average molecular weight is 350 g/mol. The highest BCUT2D eigenvalue weighted by Gasteiger charge is 2.55. The number of carbonyl (C=O) groups is 1. The minimum atomic E-state index is -0.783. The summed E-state index contributed by atoms with van der Waals surface area (Å²) < 4.78 is 19.4. The predicted octanol–water partition coefficient (Wildman–Crippen LogP) is -0.273. The predicted molar refractivity (Wildman–Crippen MR) is 83.3 cm³/mol. The van der Waals surface area contributed by atoms with E-state index < -0.39 is 36.4 Å². The van der Waals surface area contributed by atoms with Gasteiger partial charge in [0.25, 0.3) is 0 Å². The molecule has 2 aromatic heterocycles. The molecule has 2 aromatic rings. The van der Waals surface area contributed by atoms with Gasteiger partial charge in [-0.25, -0.2) is 19.7 Å². The molecule has 0 radical (unpaired) electrons. The summed E-state index contributed by atoms with van der Waals surface area (Å²) in [6, 6.07) is -0.749. The first kappa shape index (κ1) is 16.1. The lowest BCUT2D eigenvalue weighted by molar-refractivity contribution is -0.199. The van der Waals surface area contributed by atoms with Crippen LogP contribution in [0.4, 0.5) is 10.6 Å². The van der Waals surface area contributed by atoms with E-state index in [1.54, 1.807) is 18.4 Å². The van der Waals surface area contributed by atoms with Crippen LogP contribution in [0.15, 0.2) is 12.7 Å². The second kappa shape index (κ2) is 5.59. The zero-order valence-corrected chi connectivity index (χ0v) is 13.6. The topological polar surface area (TPSA) is 147 Å². The molecule has 11 heteroatoms. The number of primary amides is 1. The number of hydrogen-bond acceptors (Lipinski definition) is 8. The van der Waals surface area contributed by atoms with Crippen molar-refractivity contribution in [3.63, 3.8) is 0 Å². The van der Waals surface area contributed by atoms with E-state index in [2.05, 4.69) is 20.3 Å². The molecule has 0 bridgehead atoms. The number of urea groups is 1. The van der Waals surface area contributed by atoms with E-state index in [1.807, 2.05) is 0 Å². The van der Waals surface area contributed by atoms with Crippen LogP contribution in [0.2, 0.25) is 0 Å². The first-order valence-corrected chi connectivity index (χ1v) is 7.75. The van der Waals surface area contributed by atoms with Gasteiger partial charge < -0.3 is 25.1 Å². The van der Waals surface area contributed by atoms with Gasteiger partial charge in [-0.05, 0) is 13.8 Å². The van der Waals surface area contributed by atoms with Gasteiger partial charge in [0.15, 0.2) is 29.0 Å². The maximum Gasteiger partial charge on any atom is 0.317 e. The Bertz CT molecular complexity index is 823. The molecule has 2 fully saturated rings. The third-order valence-corrected chi connectivity index (χ3v) is 4.18. The summed E-state index contributed by atoms with van der Waals surface area (Å²) in [4.78, 5) is 23.5. The summed E-state index contributed by atoms with van der Waals surface area (Å²) in [5, 5.41) is 12.0. The number of nitrogens with one attached hydrogen (secondary N) is 1. The molecule has 0 spiro atoms. The SMILES string of the molecule is CC1(C)O[C@@H]2[C@H](O1)[C@@H](CO)O[C@H]2n1cnc2c(NC(N)=O)ncnc21. The molecule has 134 valence electrons. The molecule has 0 saturated carbocycles. The van der Waals surface area contributed by atoms with Gasteiger partial charge in [-0.1, -0.05) is 0 Å². The van der Waals surface area contributed by atoms with Crippen molar-refractivity contribution in [3.05, 3.63) is 12.7 Å². The summed E-state index contributed by atoms with van der Waals surface area (Å²) in [6.07, 6.45) is 0.837. The number of aliphatic hydroxyl groups is 1. The second-order valence-electron chi connectivity index (χ2n) is 6.35. The summed E-state index contributed by atoms with van der Waals surface area (Å²) in [5.74, 6) is -0.581. The zero-order chi connectivity index (χ0) is 17.8. The van der Waals surface area contributed by atoms with E-state index in [0.29, 0.717) is 11.2 Å². The van der Waals surface area contributed by atoms with Crippen LogP contribution >= 0.6 is 0 Å². The molecular weight excluding hydrogens is 332 g/mol. The van der Waals surface area contributed by atoms with Gasteiger partial charge in [0, 0.05) is 0 Å². The Morgan fingerprint density at radius 3 is 2.84 bits per heavy atom. The van der Waals surface area contributed by atoms with Crippen LogP contribution < -0.4 is 11.1 Å². The molecule has 0 aromatic carbocycles. The van der Waals surface area contributed by atoms with Crippen LogP contribution in [-0.2, 0) is 14.2 Å². The second-order valence-corrected chi connectivity index (χ2v) is 6.35. The average Bonchev–Trinajstić information content (AvgIpc) is 3.17. The number of anilines is 1. The summed E-state index contributed by atoms with van der Waals surface area (Å²) in [6.45, 7) is 3.41. The summed E-state index contributed by atoms with van der Waals surface area (Å²) in [5.41, 5.74) is 5.95. The fourth-order valence-corrected chi connectivity index (χ4v) is 3.28. The minimum absolute atomic E-state index is 0.201. The smallest absolute Gasteiger partial charge is 0.317 e. The molecule has 2 aliphatic rings. The Labute approximate surface area is 142 Å². The van der Waals surface area contributed by atoms with Gasteiger partial charge in [0.1, 0.15) is 24.6 Å². The number of rotatable bonds is 3. The Kier molecular flexibility index (Phi) is 3.61. The van der Waals surface area contributed by atoms with Gasteiger partial charge in [-0.3, -0.25) is 9.88 Å². The number of amides is 2. The quantitative estimate of drug-likeness (QED) is 0.685. The highest BCUT2D eigenvalue weighted by molar-refractivity contribution is 5.95. The van der Waals surface area contributed by atoms with Crippen molar-refractivity contribution in [1.29, 1.82) is 0 Å². The molecule has 4 atom stereocenters. The van der Waals surface area contributed by atoms with E-state index in [-0.39, 0.29) is 12.4 Å². The zero-order valence-electron chi connectivity index (χ0n) is 13.6. The molecule has 4 heterocycles. The molecular formula is C14H18N6O5. The minimum Gasteiger partial charge on any atom is -0.394 e. The fourth-order valence-electron chi connectivity index (χ4n) is 3.28. The lowest BCUT2D eigenvalue weighted by Crippen LogP contribution is -2.31. The maximum atomic E-state index is 11.1. The first-order valence-electron chi connectivity index (χ1n) is 7.75. The van der Waals surface area contributed by atoms with Crippen LogP contribution in [0, 0.1) is 0 Å². The molecule has 0 unspecified atom stereocenters. The highest BCUT2D eigenvalue weighted by Crippen LogP contribution is 2.43. The van der Waals surface area contributed by atoms with Crippen LogP contribution in [0.1, 0.15) is 20.1 Å². The van der Waals surface area contributed by atoms with E-state index in [1.165, 1.54) is 12.7 Å². The van der Waals surface area contributed by atoms with Gasteiger partial charge in [0.2, 0.25) is 0 Å². The van der Waals surface area contributed by atoms with Crippen LogP contribution in [0.25, 0.3) is 11.2 Å². The van der Waals surface area contributed by atoms with E-state index in [0.717, 1.165) is 0 Å². The van der Waals surface area contributed by atoms with Crippen molar-refractivity contribution in [2.24, 2.45) is 5.73 Å². The highest BCUT2D eigenvalue weighted by atomic mass is 16.8. The van der Waals surface area contributed by atoms with Gasteiger partial charge >= 0.3 is 6.03 Å². The molecule has 25 heavy (non-hydrogen) atoms. The Hall–Kier alpha value is -2.34. The lowest BCUT2D eigenvalue weighted by Gasteiger charge is -2.24. The molecule has 2 aliphatic heterocycles. The number of imidazole rings is 1. The normalized spacial score (nSPS) is 30.5. The van der Waals surface area contributed by atoms with Crippen molar-refractivity contribution in [1.82, 2.24) is 19.5 Å². The van der Waals surface area contributed by atoms with Gasteiger partial charge in [-0.2, -0.15) is 0 Å². The Morgan fingerprint density at radius 2 is 2.12 bits per heavy atom. The Morgan fingerprint density at radius 1 is 1.36 bits per heavy atom. The number of aliphatic hydroxyl groups excluding tert-OH is 1. The molecule has 2 saturated heterocycles. The fraction of sp³-hybridized carbons (Fsp3) is 0.571. The maximum absolute atomic E-state index is 11.1. The number of nitrogens with two attached hydrogens (primary N) is 1. The number of aromatic nitrogens is 4. The largest absolute Gasteiger partial charge is 0.394 e. The van der Waals surface area contributed by atoms with Crippen molar-refractivity contribution in [3.8, 4) is 0 Å². The molecule has 4 rings (SSSR count). The number of ether oxygens (including phenoxy) is 3. The van der Waals surface area contributed by atoms with Crippen molar-refractivity contribution < 1.29 is 24.1 Å². The number of fused-ring (bicyclic) bond motifs is 2. The van der Waals surface area contributed by atoms with Crippen LogP contribution in [-0.4, -0.2) is 61.4 Å². The molecule has 2 amide bonds. The van der Waals surface area contributed by atoms with Gasteiger partial charge in [0.05, 0.1) is 12.9 Å².